The number of esters is 1. The van der Waals surface area contributed by atoms with Crippen molar-refractivity contribution in [1.82, 2.24) is 14.8 Å². The SMILES string of the molecule is CCCC1=C(C(=O)OCC)[C@@H](c2ccc(OCc3ccc(F)cc3)cc2)n2ncnc2N1. The lowest BCUT2D eigenvalue weighted by Crippen LogP contribution is -2.30. The molecule has 0 radical (unpaired) electrons. The van der Waals surface area contributed by atoms with Gasteiger partial charge in [-0.05, 0) is 48.7 Å². The van der Waals surface area contributed by atoms with Gasteiger partial charge in [0.15, 0.2) is 0 Å². The van der Waals surface area contributed by atoms with E-state index < -0.39 is 6.04 Å². The van der Waals surface area contributed by atoms with Gasteiger partial charge >= 0.3 is 5.97 Å². The minimum atomic E-state index is -0.458. The highest BCUT2D eigenvalue weighted by molar-refractivity contribution is 5.92. The maximum Gasteiger partial charge on any atom is 0.338 e. The number of aromatic nitrogens is 3. The minimum absolute atomic E-state index is 0.277. The molecule has 0 aliphatic carbocycles. The third-order valence-electron chi connectivity index (χ3n) is 5.19. The summed E-state index contributed by atoms with van der Waals surface area (Å²) in [5, 5.41) is 7.58. The highest BCUT2D eigenvalue weighted by Gasteiger charge is 2.35. The van der Waals surface area contributed by atoms with Gasteiger partial charge in [0.2, 0.25) is 5.95 Å². The molecule has 32 heavy (non-hydrogen) atoms. The van der Waals surface area contributed by atoms with Crippen molar-refractivity contribution >= 4 is 11.9 Å². The lowest BCUT2D eigenvalue weighted by Gasteiger charge is -2.29. The maximum absolute atomic E-state index is 13.1. The van der Waals surface area contributed by atoms with Crippen LogP contribution < -0.4 is 10.1 Å². The Hall–Kier alpha value is -3.68. The number of nitrogens with one attached hydrogen (secondary N) is 1. The predicted molar refractivity (Wildman–Crippen MR) is 118 cm³/mol. The molecule has 0 fully saturated rings. The topological polar surface area (TPSA) is 78.3 Å². The molecule has 4 rings (SSSR count). The van der Waals surface area contributed by atoms with Crippen molar-refractivity contribution in [3.63, 3.8) is 0 Å². The Labute approximate surface area is 185 Å². The zero-order valence-electron chi connectivity index (χ0n) is 18.0. The number of carbonyl (C=O) groups is 1. The number of benzene rings is 2. The smallest absolute Gasteiger partial charge is 0.338 e. The van der Waals surface area contributed by atoms with Crippen molar-refractivity contribution in [2.75, 3.05) is 11.9 Å². The van der Waals surface area contributed by atoms with Crippen LogP contribution in [0.3, 0.4) is 0 Å². The molecule has 0 spiro atoms. The van der Waals surface area contributed by atoms with Crippen molar-refractivity contribution in [3.05, 3.63) is 83.1 Å². The molecule has 1 aliphatic rings. The van der Waals surface area contributed by atoms with Crippen LogP contribution in [0.4, 0.5) is 10.3 Å². The van der Waals surface area contributed by atoms with Crippen LogP contribution in [0.15, 0.2) is 66.1 Å². The lowest BCUT2D eigenvalue weighted by molar-refractivity contribution is -0.139. The van der Waals surface area contributed by atoms with Crippen molar-refractivity contribution in [3.8, 4) is 5.75 Å². The van der Waals surface area contributed by atoms with Crippen molar-refractivity contribution in [1.29, 1.82) is 0 Å². The summed E-state index contributed by atoms with van der Waals surface area (Å²) in [6.07, 6.45) is 3.02. The van der Waals surface area contributed by atoms with Gasteiger partial charge in [-0.1, -0.05) is 37.6 Å². The molecule has 0 saturated carbocycles. The molecule has 1 atom stereocenters. The molecule has 8 heteroatoms. The van der Waals surface area contributed by atoms with Crippen LogP contribution >= 0.6 is 0 Å². The Kier molecular flexibility index (Phi) is 6.49. The van der Waals surface area contributed by atoms with E-state index in [0.29, 0.717) is 30.3 Å². The number of anilines is 1. The van der Waals surface area contributed by atoms with E-state index in [1.165, 1.54) is 18.5 Å². The van der Waals surface area contributed by atoms with E-state index in [4.69, 9.17) is 9.47 Å². The molecule has 0 amide bonds. The van der Waals surface area contributed by atoms with E-state index in [9.17, 15) is 9.18 Å². The quantitative estimate of drug-likeness (QED) is 0.519. The molecule has 1 aromatic heterocycles. The maximum atomic E-state index is 13.1. The first-order valence-electron chi connectivity index (χ1n) is 10.6. The van der Waals surface area contributed by atoms with Crippen LogP contribution in [-0.2, 0) is 16.1 Å². The Bertz CT molecular complexity index is 1110. The van der Waals surface area contributed by atoms with Gasteiger partial charge < -0.3 is 14.8 Å². The van der Waals surface area contributed by atoms with Crippen LogP contribution in [0.5, 0.6) is 5.75 Å². The number of hydrogen-bond acceptors (Lipinski definition) is 6. The first-order valence-corrected chi connectivity index (χ1v) is 10.6. The van der Waals surface area contributed by atoms with Crippen LogP contribution in [-0.4, -0.2) is 27.3 Å². The summed E-state index contributed by atoms with van der Waals surface area (Å²) < 4.78 is 26.0. The number of fused-ring (bicyclic) bond motifs is 1. The Balaban J connectivity index is 1.62. The van der Waals surface area contributed by atoms with Gasteiger partial charge in [-0.3, -0.25) is 0 Å². The average Bonchev–Trinajstić information content (AvgIpc) is 3.27. The fraction of sp³-hybridized carbons (Fsp3) is 0.292. The number of ether oxygens (including phenoxy) is 2. The fourth-order valence-corrected chi connectivity index (χ4v) is 3.71. The van der Waals surface area contributed by atoms with E-state index in [1.54, 1.807) is 23.7 Å². The van der Waals surface area contributed by atoms with Gasteiger partial charge in [-0.2, -0.15) is 10.1 Å². The largest absolute Gasteiger partial charge is 0.489 e. The lowest BCUT2D eigenvalue weighted by atomic mass is 9.94. The number of rotatable bonds is 8. The third-order valence-corrected chi connectivity index (χ3v) is 5.19. The molecule has 0 unspecified atom stereocenters. The second-order valence-electron chi connectivity index (χ2n) is 7.40. The van der Waals surface area contributed by atoms with Crippen molar-refractivity contribution < 1.29 is 18.7 Å². The average molecular weight is 436 g/mol. The van der Waals surface area contributed by atoms with Crippen LogP contribution in [0.25, 0.3) is 0 Å². The zero-order chi connectivity index (χ0) is 22.5. The summed E-state index contributed by atoms with van der Waals surface area (Å²) >= 11 is 0. The van der Waals surface area contributed by atoms with Crippen LogP contribution in [0.2, 0.25) is 0 Å². The van der Waals surface area contributed by atoms with Crippen molar-refractivity contribution in [2.24, 2.45) is 0 Å². The van der Waals surface area contributed by atoms with Gasteiger partial charge in [0.1, 0.15) is 30.5 Å². The summed E-state index contributed by atoms with van der Waals surface area (Å²) in [5.74, 6) is 0.607. The summed E-state index contributed by atoms with van der Waals surface area (Å²) in [6.45, 7) is 4.46. The second-order valence-corrected chi connectivity index (χ2v) is 7.40. The zero-order valence-corrected chi connectivity index (χ0v) is 18.0. The molecule has 2 heterocycles. The third kappa shape index (κ3) is 4.49. The number of allylic oxidation sites excluding steroid dienone is 1. The molecular weight excluding hydrogens is 411 g/mol. The summed E-state index contributed by atoms with van der Waals surface area (Å²) in [4.78, 5) is 17.2. The predicted octanol–water partition coefficient (Wildman–Crippen LogP) is 4.63. The number of carbonyl (C=O) groups excluding carboxylic acids is 1. The van der Waals surface area contributed by atoms with E-state index in [0.717, 1.165) is 23.2 Å². The molecule has 3 aromatic rings. The fourth-order valence-electron chi connectivity index (χ4n) is 3.71. The van der Waals surface area contributed by atoms with Gasteiger partial charge in [0.25, 0.3) is 0 Å². The van der Waals surface area contributed by atoms with E-state index in [1.807, 2.05) is 24.3 Å². The highest BCUT2D eigenvalue weighted by atomic mass is 19.1. The van der Waals surface area contributed by atoms with E-state index in [-0.39, 0.29) is 18.4 Å². The standard InChI is InChI=1S/C24H25FN4O3/c1-3-5-20-21(23(30)31-4-2)22(29-24(28-20)26-15-27-29)17-8-12-19(13-9-17)32-14-16-6-10-18(25)11-7-16/h6-13,15,22H,3-5,14H2,1-2H3,(H,26,27,28)/t22-/m1/s1. The molecule has 1 N–H and O–H groups in total. The number of nitrogens with zero attached hydrogens (tertiary/aromatic N) is 3. The molecule has 0 saturated heterocycles. The van der Waals surface area contributed by atoms with Gasteiger partial charge in [0, 0.05) is 5.70 Å². The summed E-state index contributed by atoms with van der Waals surface area (Å²) in [6, 6.07) is 13.2. The minimum Gasteiger partial charge on any atom is -0.489 e. The normalized spacial score (nSPS) is 15.2. The first kappa shape index (κ1) is 21.5. The molecule has 166 valence electrons. The van der Waals surface area contributed by atoms with Crippen LogP contribution in [0.1, 0.15) is 43.9 Å². The van der Waals surface area contributed by atoms with Crippen molar-refractivity contribution in [2.45, 2.75) is 39.3 Å². The molecule has 2 aromatic carbocycles. The van der Waals surface area contributed by atoms with Gasteiger partial charge in [-0.15, -0.1) is 0 Å². The summed E-state index contributed by atoms with van der Waals surface area (Å²) in [5.41, 5.74) is 3.07. The number of hydrogen-bond donors (Lipinski definition) is 1. The molecule has 7 nitrogen and oxygen atoms in total. The number of halogens is 1. The highest BCUT2D eigenvalue weighted by Crippen LogP contribution is 2.37. The van der Waals surface area contributed by atoms with Crippen LogP contribution in [0, 0.1) is 5.82 Å². The summed E-state index contributed by atoms with van der Waals surface area (Å²) in [7, 11) is 0. The molecule has 0 bridgehead atoms. The van der Waals surface area contributed by atoms with E-state index in [2.05, 4.69) is 22.3 Å². The molecular formula is C24H25FN4O3. The Morgan fingerprint density at radius 2 is 1.88 bits per heavy atom. The molecule has 1 aliphatic heterocycles. The monoisotopic (exact) mass is 436 g/mol. The Morgan fingerprint density at radius 1 is 1.12 bits per heavy atom. The van der Waals surface area contributed by atoms with Gasteiger partial charge in [0.05, 0.1) is 12.2 Å². The van der Waals surface area contributed by atoms with Gasteiger partial charge in [-0.25, -0.2) is 13.9 Å². The second kappa shape index (κ2) is 9.64. The first-order chi connectivity index (χ1) is 15.6. The Morgan fingerprint density at radius 3 is 2.56 bits per heavy atom. The van der Waals surface area contributed by atoms with E-state index >= 15 is 0 Å².